The first kappa shape index (κ1) is 138. The Morgan fingerprint density at radius 1 is 0.164 bits per heavy atom. The average molecular weight is 2340 g/mol. The van der Waals surface area contributed by atoms with Gasteiger partial charge in [0.15, 0.2) is 108 Å². The zero-order valence-electron chi connectivity index (χ0n) is 95.9. The van der Waals surface area contributed by atoms with Crippen molar-refractivity contribution in [2.24, 2.45) is 0 Å². The lowest BCUT2D eigenvalue weighted by Crippen LogP contribution is -2.65. The van der Waals surface area contributed by atoms with Gasteiger partial charge < -0.3 is 107 Å². The first-order valence-corrected chi connectivity index (χ1v) is 135. The van der Waals surface area contributed by atoms with E-state index in [1.54, 1.807) is 0 Å². The molecule has 0 N–H and O–H groups in total. The molecule has 774 valence electrons. The lowest BCUT2D eigenvalue weighted by molar-refractivity contribution is 0.149. The average Bonchev–Trinajstić information content (AvgIpc) is 0.787. The van der Waals surface area contributed by atoms with Crippen molar-refractivity contribution >= 4 is 255 Å². The van der Waals surface area contributed by atoms with Crippen molar-refractivity contribution < 1.29 is 107 Å². The highest BCUT2D eigenvalue weighted by atomic mass is 28.6. The highest BCUT2D eigenvalue weighted by Crippen LogP contribution is 2.40. The Morgan fingerprint density at radius 2 is 0.289 bits per heavy atom. The molecule has 3 fully saturated rings. The molecule has 26 nitrogen and oxygen atoms in total. The zero-order chi connectivity index (χ0) is 104. The van der Waals surface area contributed by atoms with Crippen LogP contribution in [0.4, 0.5) is 0 Å². The van der Waals surface area contributed by atoms with Crippen molar-refractivity contribution in [2.75, 3.05) is 0 Å². The summed E-state index contributed by atoms with van der Waals surface area (Å²) in [5, 5.41) is 0. The molecule has 3 saturated heterocycles. The molecule has 0 atom stereocenters. The molecule has 0 saturated carbocycles. The van der Waals surface area contributed by atoms with Gasteiger partial charge in [-0.25, -0.2) is 0 Å². The van der Waals surface area contributed by atoms with Gasteiger partial charge in [-0.05, 0) is 431 Å². The third-order valence-electron chi connectivity index (χ3n) is 14.3. The van der Waals surface area contributed by atoms with Crippen molar-refractivity contribution in [3.8, 4) is 0 Å². The zero-order valence-corrected chi connectivity index (χ0v) is 126. The van der Waals surface area contributed by atoms with E-state index in [0.717, 1.165) is 31.0 Å². The van der Waals surface area contributed by atoms with Crippen LogP contribution in [-0.2, 0) is 107 Å². The smallest absolute Gasteiger partial charge is 0.417 e. The van der Waals surface area contributed by atoms with E-state index < -0.39 is 255 Å². The van der Waals surface area contributed by atoms with E-state index in [1.807, 2.05) is 0 Å². The third-order valence-corrected chi connectivity index (χ3v) is 116. The Balaban J connectivity index is -0.00000150. The van der Waals surface area contributed by atoms with Crippen LogP contribution < -0.4 is 0 Å². The highest BCUT2D eigenvalue weighted by Gasteiger charge is 2.60. The SMILES string of the molecule is CCCC[Si]1(C)O[Si](C)(C)O[Si](C)(C)O[Si](C)(C)O1.C[Si](C)(C)O[Si](C)(O[Si](C)(C)C)O[Si](C)(C)C.C[Si](C)(C)O[Si](CCC[Si](O[Si](C)(C)C)(O[Si](C)(C)C)O[Si](C)(C)C)(O[Si](C)(C)C)O[Si](C)(C)C.C[Si](C)(C)O[Si](O[Si](C)(C)C)(O[Si](C)(C)C)O[Si](C)(C)C.C[Si]1(C)O[Si](C)(C)O[Si](C)(C)O[Si](C)(C)O1.C[Si]1(C)O[Si](C)(C)O[Si](C)(C)O[Si](C)(C)O[Si](C)(C)O1. The Kier molecular flexibility index (Phi) is 52.0. The van der Waals surface area contributed by atoms with Crippen molar-refractivity contribution in [1.29, 1.82) is 0 Å². The molecule has 3 rings (SSSR count). The molecule has 56 heteroatoms. The Bertz CT molecular complexity index is 2830. The first-order chi connectivity index (χ1) is 54.7. The molecule has 0 radical (unpaired) electrons. The summed E-state index contributed by atoms with van der Waals surface area (Å²) in [6.07, 6.45) is 3.19. The highest BCUT2D eigenvalue weighted by molar-refractivity contribution is 6.98. The van der Waals surface area contributed by atoms with Gasteiger partial charge in [0.05, 0.1) is 0 Å². The monoisotopic (exact) mass is 2330 g/mol. The molecule has 0 bridgehead atoms. The van der Waals surface area contributed by atoms with E-state index in [9.17, 15) is 0 Å². The van der Waals surface area contributed by atoms with E-state index in [-0.39, 0.29) is 0 Å². The molecule has 0 amide bonds. The van der Waals surface area contributed by atoms with Crippen molar-refractivity contribution in [3.63, 3.8) is 0 Å². The van der Waals surface area contributed by atoms with Crippen LogP contribution >= 0.6 is 0 Å². The maximum Gasteiger partial charge on any atom is 0.636 e. The van der Waals surface area contributed by atoms with E-state index >= 15 is 0 Å². The first-order valence-electron chi connectivity index (χ1n) is 46.9. The second-order valence-electron chi connectivity index (χ2n) is 52.7. The Hall–Kier alpha value is 5.47. The number of unbranched alkanes of at least 4 members (excludes halogenated alkanes) is 1. The standard InChI is InChI=1S/C21H60O6Si8.C12H36O4Si5.C11H30O4Si4.C10H30O5Si5.C10H30O3Si4.C8H24O4Si4/c1-28(2,3)22-34(23-29(4,5)6,24-30(7,8)9)20-19-21-35(25-31(10,11)12,26-32(13,14)15)27-33(16,17)18;1-17(2,3)13-21(14-18(4,5)6,15-19(7,8)9)16-20(10,11)12;1-9-10-11-19(8)14-17(4,5)12-16(2,3)13-18(6,7)15-19;1-16(2)11-17(3,4)13-19(7,8)15-20(9,10)14-18(5,6)12-16;1-14(2,3)11-17(10,12-15(4,5)6)13-16(7,8)9;1-13(2)9-14(3,4)11-16(7,8)12-15(5,6)10-13/h19-21H2,1-18H3;1-12H3;9-11H2,1-8H3;1-10H3;1-10H3;1-8H3. The maximum absolute atomic E-state index is 6.92. The molecule has 0 aliphatic carbocycles. The summed E-state index contributed by atoms with van der Waals surface area (Å²) in [6.45, 7) is 143. The van der Waals surface area contributed by atoms with Gasteiger partial charge in [-0.1, -0.05) is 19.8 Å². The van der Waals surface area contributed by atoms with Gasteiger partial charge in [-0.3, -0.25) is 0 Å². The van der Waals surface area contributed by atoms with Crippen molar-refractivity contribution in [2.45, 2.75) is 470 Å². The lowest BCUT2D eigenvalue weighted by atomic mass is 10.4. The van der Waals surface area contributed by atoms with Gasteiger partial charge in [0, 0.05) is 18.6 Å². The quantitative estimate of drug-likeness (QED) is 0.0555. The molecule has 0 unspecified atom stereocenters. The number of rotatable bonds is 33. The van der Waals surface area contributed by atoms with Crippen molar-refractivity contribution in [1.82, 2.24) is 0 Å². The Morgan fingerprint density at radius 3 is 0.406 bits per heavy atom. The fourth-order valence-electron chi connectivity index (χ4n) is 15.5. The normalized spacial score (nSPS) is 21.9. The van der Waals surface area contributed by atoms with Gasteiger partial charge in [-0.15, -0.1) is 0 Å². The van der Waals surface area contributed by atoms with Crippen LogP contribution in [0, 0.1) is 0 Å². The third kappa shape index (κ3) is 73.5. The van der Waals surface area contributed by atoms with Crippen LogP contribution in [0.1, 0.15) is 26.2 Å². The fourth-order valence-corrected chi connectivity index (χ4v) is 145. The van der Waals surface area contributed by atoms with Gasteiger partial charge in [0.1, 0.15) is 0 Å². The molecule has 3 heterocycles. The summed E-state index contributed by atoms with van der Waals surface area (Å²) >= 11 is 0. The molecule has 0 aromatic heterocycles. The second-order valence-corrected chi connectivity index (χ2v) is 172. The predicted molar refractivity (Wildman–Crippen MR) is 616 cm³/mol. The minimum atomic E-state index is -3.09. The van der Waals surface area contributed by atoms with Crippen LogP contribution in [-0.4, -0.2) is 255 Å². The minimum absolute atomic E-state index is 0.791. The van der Waals surface area contributed by atoms with Gasteiger partial charge in [0.2, 0.25) is 0 Å². The lowest BCUT2D eigenvalue weighted by Gasteiger charge is -2.47. The van der Waals surface area contributed by atoms with E-state index in [1.165, 1.54) is 6.42 Å². The Labute approximate surface area is 823 Å². The van der Waals surface area contributed by atoms with Crippen LogP contribution in [0.5, 0.6) is 0 Å². The second kappa shape index (κ2) is 48.4. The molecule has 3 aliphatic rings. The van der Waals surface area contributed by atoms with Crippen LogP contribution in [0.25, 0.3) is 0 Å². The van der Waals surface area contributed by atoms with E-state index in [0.29, 0.717) is 0 Å². The molecular weight excluding hydrogens is 2120 g/mol. The van der Waals surface area contributed by atoms with Gasteiger partial charge >= 0.3 is 147 Å². The van der Waals surface area contributed by atoms with Crippen LogP contribution in [0.3, 0.4) is 0 Å². The van der Waals surface area contributed by atoms with Crippen LogP contribution in [0.2, 0.25) is 444 Å². The maximum atomic E-state index is 6.92. The molecule has 128 heavy (non-hydrogen) atoms. The molecular formula is C72H210O26Si30. The number of hydrogen-bond acceptors (Lipinski definition) is 26. The molecule has 3 aliphatic heterocycles. The molecule has 0 aromatic rings. The van der Waals surface area contributed by atoms with E-state index in [4.69, 9.17) is 107 Å². The summed E-state index contributed by atoms with van der Waals surface area (Å²) < 4.78 is 168. The van der Waals surface area contributed by atoms with Crippen LogP contribution in [0.15, 0.2) is 0 Å². The summed E-state index contributed by atoms with van der Waals surface area (Å²) in [5.74, 6) is 0. The predicted octanol–water partition coefficient (Wildman–Crippen LogP) is 27.8. The fraction of sp³-hybridized carbons (Fsp3) is 1.00. The summed E-state index contributed by atoms with van der Waals surface area (Å²) in [5.41, 5.74) is 0. The topological polar surface area (TPSA) is 240 Å². The molecule has 0 aromatic carbocycles. The van der Waals surface area contributed by atoms with E-state index in [2.05, 4.69) is 432 Å². The summed E-state index contributed by atoms with van der Waals surface area (Å²) in [4.78, 5) is 0. The molecule has 0 spiro atoms. The number of hydrogen-bond donors (Lipinski definition) is 0. The summed E-state index contributed by atoms with van der Waals surface area (Å²) in [6, 6.07) is 2.62. The largest absolute Gasteiger partial charge is 0.636 e. The van der Waals surface area contributed by atoms with Gasteiger partial charge in [0.25, 0.3) is 0 Å². The minimum Gasteiger partial charge on any atom is -0.417 e. The van der Waals surface area contributed by atoms with Gasteiger partial charge in [-0.2, -0.15) is 0 Å². The summed E-state index contributed by atoms with van der Waals surface area (Å²) in [7, 11) is -63.5. The van der Waals surface area contributed by atoms with Crippen molar-refractivity contribution in [3.05, 3.63) is 0 Å².